The molecule has 174 valence electrons. The van der Waals surface area contributed by atoms with E-state index in [-0.39, 0.29) is 24.0 Å². The van der Waals surface area contributed by atoms with Crippen LogP contribution in [-0.2, 0) is 21.2 Å². The molecule has 1 saturated heterocycles. The highest BCUT2D eigenvalue weighted by Crippen LogP contribution is 2.27. The predicted molar refractivity (Wildman–Crippen MR) is 121 cm³/mol. The molecule has 1 heterocycles. The fraction of sp³-hybridized carbons (Fsp3) is 0.435. The van der Waals surface area contributed by atoms with Crippen LogP contribution in [0.2, 0.25) is 0 Å². The zero-order valence-corrected chi connectivity index (χ0v) is 19.3. The highest BCUT2D eigenvalue weighted by atomic mass is 32.2. The van der Waals surface area contributed by atoms with Gasteiger partial charge in [0.05, 0.1) is 19.1 Å². The summed E-state index contributed by atoms with van der Waals surface area (Å²) in [5.74, 6) is 1.64. The topological polar surface area (TPSA) is 94.2 Å². The number of nitrogens with one attached hydrogen (secondary N) is 1. The number of nitrogens with zero attached hydrogens (tertiary/aromatic N) is 1. The molecule has 1 aliphatic heterocycles. The van der Waals surface area contributed by atoms with Crippen molar-refractivity contribution in [1.29, 1.82) is 0 Å². The van der Waals surface area contributed by atoms with Gasteiger partial charge in [0, 0.05) is 19.6 Å². The van der Waals surface area contributed by atoms with Gasteiger partial charge in [-0.3, -0.25) is 4.79 Å². The van der Waals surface area contributed by atoms with E-state index in [0.29, 0.717) is 23.7 Å². The molecule has 0 aliphatic carbocycles. The summed E-state index contributed by atoms with van der Waals surface area (Å²) in [5, 5.41) is 0. The van der Waals surface area contributed by atoms with Crippen LogP contribution in [0.1, 0.15) is 24.8 Å². The zero-order chi connectivity index (χ0) is 23.0. The Balaban J connectivity index is 1.50. The van der Waals surface area contributed by atoms with E-state index in [4.69, 9.17) is 14.2 Å². The first-order chi connectivity index (χ1) is 15.4. The van der Waals surface area contributed by atoms with E-state index >= 15 is 0 Å². The van der Waals surface area contributed by atoms with E-state index in [1.165, 1.54) is 12.1 Å². The second-order valence-corrected chi connectivity index (χ2v) is 9.31. The average Bonchev–Trinajstić information content (AvgIpc) is 2.83. The van der Waals surface area contributed by atoms with Gasteiger partial charge in [-0.15, -0.1) is 0 Å². The Bertz CT molecular complexity index is 1000. The number of sulfonamides is 1. The molecule has 9 heteroatoms. The summed E-state index contributed by atoms with van der Waals surface area (Å²) in [6, 6.07) is 11.5. The fourth-order valence-corrected chi connectivity index (χ4v) is 4.58. The second kappa shape index (κ2) is 11.2. The van der Waals surface area contributed by atoms with Crippen molar-refractivity contribution in [3.8, 4) is 17.2 Å². The molecule has 2 aromatic carbocycles. The summed E-state index contributed by atoms with van der Waals surface area (Å²) in [6.45, 7) is 1.73. The van der Waals surface area contributed by atoms with Crippen LogP contribution in [0.15, 0.2) is 47.4 Å². The molecule has 1 amide bonds. The molecule has 0 saturated carbocycles. The van der Waals surface area contributed by atoms with Gasteiger partial charge in [-0.05, 0) is 67.6 Å². The lowest BCUT2D eigenvalue weighted by Crippen LogP contribution is -2.38. The van der Waals surface area contributed by atoms with Crippen molar-refractivity contribution in [3.05, 3.63) is 48.0 Å². The number of rotatable bonds is 10. The van der Waals surface area contributed by atoms with Crippen molar-refractivity contribution in [2.24, 2.45) is 0 Å². The monoisotopic (exact) mass is 462 g/mol. The normalized spacial score (nSPS) is 14.1. The molecule has 1 N–H and O–H groups in total. The molecule has 2 aromatic rings. The SMILES string of the molecule is COc1ccc(CCNS(=O)(=O)c2ccc(OCC(=O)N3CCCCC3)cc2)cc1OC. The minimum atomic E-state index is -3.66. The third-order valence-corrected chi connectivity index (χ3v) is 6.84. The van der Waals surface area contributed by atoms with Crippen LogP contribution in [0.25, 0.3) is 0 Å². The Morgan fingerprint density at radius 3 is 2.31 bits per heavy atom. The lowest BCUT2D eigenvalue weighted by atomic mass is 10.1. The van der Waals surface area contributed by atoms with Gasteiger partial charge in [-0.2, -0.15) is 0 Å². The lowest BCUT2D eigenvalue weighted by molar-refractivity contribution is -0.134. The van der Waals surface area contributed by atoms with E-state index in [1.54, 1.807) is 32.4 Å². The maximum Gasteiger partial charge on any atom is 0.260 e. The van der Waals surface area contributed by atoms with Crippen molar-refractivity contribution in [2.75, 3.05) is 40.5 Å². The standard InChI is InChI=1S/C23H30N2O6S/c1-29-21-11-6-18(16-22(21)30-2)12-13-24-32(27,28)20-9-7-19(8-10-20)31-17-23(26)25-14-4-3-5-15-25/h6-11,16,24H,3-5,12-15,17H2,1-2H3. The average molecular weight is 463 g/mol. The Morgan fingerprint density at radius 2 is 1.66 bits per heavy atom. The van der Waals surface area contributed by atoms with Crippen molar-refractivity contribution in [2.45, 2.75) is 30.6 Å². The van der Waals surface area contributed by atoms with Gasteiger partial charge >= 0.3 is 0 Å². The number of ether oxygens (including phenoxy) is 3. The molecular formula is C23H30N2O6S. The summed E-state index contributed by atoms with van der Waals surface area (Å²) < 4.78 is 43.8. The highest BCUT2D eigenvalue weighted by Gasteiger charge is 2.17. The van der Waals surface area contributed by atoms with E-state index < -0.39 is 10.0 Å². The van der Waals surface area contributed by atoms with Crippen LogP contribution in [0, 0.1) is 0 Å². The number of benzene rings is 2. The van der Waals surface area contributed by atoms with Gasteiger partial charge in [0.2, 0.25) is 10.0 Å². The highest BCUT2D eigenvalue weighted by molar-refractivity contribution is 7.89. The van der Waals surface area contributed by atoms with Crippen LogP contribution in [0.3, 0.4) is 0 Å². The molecule has 32 heavy (non-hydrogen) atoms. The molecule has 0 radical (unpaired) electrons. The number of hydrogen-bond donors (Lipinski definition) is 1. The van der Waals surface area contributed by atoms with Crippen LogP contribution < -0.4 is 18.9 Å². The first kappa shape index (κ1) is 23.9. The summed E-state index contributed by atoms with van der Waals surface area (Å²) in [6.07, 6.45) is 3.71. The molecule has 3 rings (SSSR count). The molecule has 1 aliphatic rings. The van der Waals surface area contributed by atoms with Crippen molar-refractivity contribution >= 4 is 15.9 Å². The van der Waals surface area contributed by atoms with E-state index in [2.05, 4.69) is 4.72 Å². The Hall–Kier alpha value is -2.78. The number of piperidine rings is 1. The maximum atomic E-state index is 12.6. The molecule has 0 atom stereocenters. The largest absolute Gasteiger partial charge is 0.493 e. The fourth-order valence-electron chi connectivity index (χ4n) is 3.54. The van der Waals surface area contributed by atoms with Crippen LogP contribution in [0.5, 0.6) is 17.2 Å². The second-order valence-electron chi connectivity index (χ2n) is 7.54. The van der Waals surface area contributed by atoms with Crippen molar-refractivity contribution in [1.82, 2.24) is 9.62 Å². The van der Waals surface area contributed by atoms with Gasteiger partial charge in [0.25, 0.3) is 5.91 Å². The van der Waals surface area contributed by atoms with Crippen molar-refractivity contribution in [3.63, 3.8) is 0 Å². The third-order valence-electron chi connectivity index (χ3n) is 5.36. The minimum absolute atomic E-state index is 0.0433. The Labute approximate surface area is 189 Å². The zero-order valence-electron chi connectivity index (χ0n) is 18.5. The van der Waals surface area contributed by atoms with Crippen LogP contribution in [-0.4, -0.2) is 59.7 Å². The maximum absolute atomic E-state index is 12.6. The van der Waals surface area contributed by atoms with Crippen molar-refractivity contribution < 1.29 is 27.4 Å². The quantitative estimate of drug-likeness (QED) is 0.583. The van der Waals surface area contributed by atoms with E-state index in [9.17, 15) is 13.2 Å². The minimum Gasteiger partial charge on any atom is -0.493 e. The number of methoxy groups -OCH3 is 2. The van der Waals surface area contributed by atoms with E-state index in [0.717, 1.165) is 37.9 Å². The molecule has 0 aromatic heterocycles. The molecule has 0 bridgehead atoms. The van der Waals surface area contributed by atoms with Gasteiger partial charge in [-0.25, -0.2) is 13.1 Å². The number of hydrogen-bond acceptors (Lipinski definition) is 6. The smallest absolute Gasteiger partial charge is 0.260 e. The van der Waals surface area contributed by atoms with Gasteiger partial charge < -0.3 is 19.1 Å². The van der Waals surface area contributed by atoms with Crippen LogP contribution in [0.4, 0.5) is 0 Å². The molecule has 0 spiro atoms. The summed E-state index contributed by atoms with van der Waals surface area (Å²) in [5.41, 5.74) is 0.924. The van der Waals surface area contributed by atoms with Crippen LogP contribution >= 0.6 is 0 Å². The third kappa shape index (κ3) is 6.37. The first-order valence-corrected chi connectivity index (χ1v) is 12.1. The number of amides is 1. The number of likely N-dealkylation sites (tertiary alicyclic amines) is 1. The van der Waals surface area contributed by atoms with Gasteiger partial charge in [-0.1, -0.05) is 6.07 Å². The van der Waals surface area contributed by atoms with E-state index in [1.807, 2.05) is 17.0 Å². The lowest BCUT2D eigenvalue weighted by Gasteiger charge is -2.26. The van der Waals surface area contributed by atoms with Gasteiger partial charge in [0.15, 0.2) is 18.1 Å². The first-order valence-electron chi connectivity index (χ1n) is 10.6. The molecule has 1 fully saturated rings. The number of carbonyl (C=O) groups excluding carboxylic acids is 1. The summed E-state index contributed by atoms with van der Waals surface area (Å²) in [4.78, 5) is 14.1. The summed E-state index contributed by atoms with van der Waals surface area (Å²) in [7, 11) is -0.540. The Kier molecular flexibility index (Phi) is 8.35. The van der Waals surface area contributed by atoms with Gasteiger partial charge in [0.1, 0.15) is 5.75 Å². The Morgan fingerprint density at radius 1 is 0.969 bits per heavy atom. The predicted octanol–water partition coefficient (Wildman–Crippen LogP) is 2.62. The molecule has 0 unspecified atom stereocenters. The summed E-state index contributed by atoms with van der Waals surface area (Å²) >= 11 is 0. The molecular weight excluding hydrogens is 432 g/mol. The number of carbonyl (C=O) groups is 1. The molecule has 8 nitrogen and oxygen atoms in total.